The van der Waals surface area contributed by atoms with Gasteiger partial charge in [-0.2, -0.15) is 17.5 Å². The number of nitrogens with two attached hydrogens (primary N) is 1. The molecule has 1 aromatic heterocycles. The summed E-state index contributed by atoms with van der Waals surface area (Å²) < 4.78 is 76.2. The van der Waals surface area contributed by atoms with Gasteiger partial charge >= 0.3 is 12.1 Å². The summed E-state index contributed by atoms with van der Waals surface area (Å²) in [6, 6.07) is 8.63. The Balaban J connectivity index is 1.63. The number of hydrogen-bond acceptors (Lipinski definition) is 8. The van der Waals surface area contributed by atoms with Crippen molar-refractivity contribution in [1.29, 1.82) is 0 Å². The average Bonchev–Trinajstić information content (AvgIpc) is 3.38. The van der Waals surface area contributed by atoms with Gasteiger partial charge in [0.05, 0.1) is 19.1 Å². The summed E-state index contributed by atoms with van der Waals surface area (Å²) >= 11 is 1.05. The third-order valence-electron chi connectivity index (χ3n) is 6.29. The maximum atomic E-state index is 13.5. The topological polar surface area (TPSA) is 119 Å². The Hall–Kier alpha value is -2.52. The molecule has 0 spiro atoms. The monoisotopic (exact) mass is 561 g/mol. The smallest absolute Gasteiger partial charge is 0.420 e. The largest absolute Gasteiger partial charge is 0.491 e. The van der Waals surface area contributed by atoms with Crippen LogP contribution in [0, 0.1) is 5.92 Å². The van der Waals surface area contributed by atoms with Crippen LogP contribution in [0.4, 0.5) is 13.2 Å². The van der Waals surface area contributed by atoms with E-state index in [9.17, 15) is 31.2 Å². The summed E-state index contributed by atoms with van der Waals surface area (Å²) in [5, 5.41) is 0. The Morgan fingerprint density at radius 2 is 1.86 bits per heavy atom. The number of hydrogen-bond donors (Lipinski definition) is 1. The highest BCUT2D eigenvalue weighted by atomic mass is 32.2. The van der Waals surface area contributed by atoms with Crippen LogP contribution in [-0.2, 0) is 30.9 Å². The summed E-state index contributed by atoms with van der Waals surface area (Å²) in [5.41, 5.74) is 6.10. The first-order valence-electron chi connectivity index (χ1n) is 11.5. The standard InChI is InChI=1S/C23H26F3N3O6S2/c24-23(25,26)22(31)35-18-3-1-2-15(11-18)16-10-17(21(30)28-6-8-34-9-7-28)14-29(13-16)37(32,33)20-5-4-19(12-27)36-20/h1-5,11,16-17H,6-10,12-14,27H2/t16-,17+/m1/s1. The lowest BCUT2D eigenvalue weighted by Gasteiger charge is -2.39. The molecule has 2 aliphatic heterocycles. The van der Waals surface area contributed by atoms with Crippen LogP contribution < -0.4 is 10.5 Å². The number of amides is 1. The normalized spacial score (nSPS) is 21.6. The van der Waals surface area contributed by atoms with E-state index in [1.807, 2.05) is 0 Å². The van der Waals surface area contributed by atoms with E-state index in [1.54, 1.807) is 17.0 Å². The zero-order valence-corrected chi connectivity index (χ0v) is 21.3. The molecule has 9 nitrogen and oxygen atoms in total. The van der Waals surface area contributed by atoms with Gasteiger partial charge in [0.1, 0.15) is 9.96 Å². The first kappa shape index (κ1) is 27.5. The molecule has 1 aromatic carbocycles. The fourth-order valence-corrected chi connectivity index (χ4v) is 7.37. The molecule has 2 fully saturated rings. The highest BCUT2D eigenvalue weighted by Gasteiger charge is 2.42. The van der Waals surface area contributed by atoms with Crippen molar-refractivity contribution in [3.05, 3.63) is 46.8 Å². The molecule has 2 N–H and O–H groups in total. The maximum absolute atomic E-state index is 13.5. The minimum absolute atomic E-state index is 0.00174. The number of carbonyl (C=O) groups excluding carboxylic acids is 2. The van der Waals surface area contributed by atoms with Crippen LogP contribution in [0.25, 0.3) is 0 Å². The summed E-state index contributed by atoms with van der Waals surface area (Å²) in [7, 11) is -3.97. The molecular formula is C23H26F3N3O6S2. The number of esters is 1. The van der Waals surface area contributed by atoms with E-state index >= 15 is 0 Å². The molecule has 2 aliphatic rings. The van der Waals surface area contributed by atoms with Crippen LogP contribution in [-0.4, -0.2) is 75.1 Å². The molecule has 2 atom stereocenters. The van der Waals surface area contributed by atoms with Crippen LogP contribution in [0.15, 0.2) is 40.6 Å². The first-order valence-corrected chi connectivity index (χ1v) is 13.8. The van der Waals surface area contributed by atoms with Gasteiger partial charge in [-0.3, -0.25) is 4.79 Å². The van der Waals surface area contributed by atoms with Crippen molar-refractivity contribution in [3.63, 3.8) is 0 Å². The molecule has 37 heavy (non-hydrogen) atoms. The van der Waals surface area contributed by atoms with Crippen molar-refractivity contribution >= 4 is 33.2 Å². The minimum Gasteiger partial charge on any atom is -0.420 e. The van der Waals surface area contributed by atoms with Gasteiger partial charge in [0.15, 0.2) is 0 Å². The molecule has 3 heterocycles. The van der Waals surface area contributed by atoms with Gasteiger partial charge in [0, 0.05) is 37.6 Å². The van der Waals surface area contributed by atoms with E-state index in [-0.39, 0.29) is 41.9 Å². The quantitative estimate of drug-likeness (QED) is 0.425. The highest BCUT2D eigenvalue weighted by molar-refractivity contribution is 7.91. The third-order valence-corrected chi connectivity index (χ3v) is 9.70. The van der Waals surface area contributed by atoms with Crippen molar-refractivity contribution in [2.75, 3.05) is 39.4 Å². The lowest BCUT2D eigenvalue weighted by atomic mass is 9.84. The number of sulfonamides is 1. The van der Waals surface area contributed by atoms with Gasteiger partial charge in [0.2, 0.25) is 5.91 Å². The van der Waals surface area contributed by atoms with Crippen molar-refractivity contribution in [1.82, 2.24) is 9.21 Å². The Kier molecular flexibility index (Phi) is 8.23. The highest BCUT2D eigenvalue weighted by Crippen LogP contribution is 2.37. The molecular weight excluding hydrogens is 535 g/mol. The average molecular weight is 562 g/mol. The molecule has 202 valence electrons. The zero-order valence-electron chi connectivity index (χ0n) is 19.6. The Morgan fingerprint density at radius 3 is 2.51 bits per heavy atom. The van der Waals surface area contributed by atoms with Crippen molar-refractivity contribution < 1.29 is 40.7 Å². The molecule has 4 rings (SSSR count). The van der Waals surface area contributed by atoms with Crippen molar-refractivity contribution in [2.24, 2.45) is 11.7 Å². The number of alkyl halides is 3. The Bertz CT molecular complexity index is 1240. The van der Waals surface area contributed by atoms with Crippen LogP contribution in [0.1, 0.15) is 22.8 Å². The molecule has 0 saturated carbocycles. The van der Waals surface area contributed by atoms with Crippen LogP contribution in [0.3, 0.4) is 0 Å². The van der Waals surface area contributed by atoms with Crippen LogP contribution in [0.2, 0.25) is 0 Å². The van der Waals surface area contributed by atoms with Gasteiger partial charge in [-0.05, 0) is 42.2 Å². The van der Waals surface area contributed by atoms with Gasteiger partial charge in [-0.25, -0.2) is 13.2 Å². The second-order valence-corrected chi connectivity index (χ2v) is 12.1. The number of ether oxygens (including phenoxy) is 2. The molecule has 0 bridgehead atoms. The zero-order chi connectivity index (χ0) is 26.8. The summed E-state index contributed by atoms with van der Waals surface area (Å²) in [6.45, 7) is 1.70. The molecule has 2 saturated heterocycles. The van der Waals surface area contributed by atoms with Gasteiger partial charge < -0.3 is 20.1 Å². The van der Waals surface area contributed by atoms with E-state index in [1.165, 1.54) is 28.6 Å². The van der Waals surface area contributed by atoms with E-state index in [0.717, 1.165) is 11.3 Å². The Labute approximate surface area is 216 Å². The van der Waals surface area contributed by atoms with Crippen LogP contribution in [0.5, 0.6) is 5.75 Å². The fraction of sp³-hybridized carbons (Fsp3) is 0.478. The molecule has 14 heteroatoms. The summed E-state index contributed by atoms with van der Waals surface area (Å²) in [6.07, 6.45) is -4.89. The van der Waals surface area contributed by atoms with Crippen molar-refractivity contribution in [2.45, 2.75) is 29.3 Å². The number of thiophene rings is 1. The maximum Gasteiger partial charge on any atom is 0.491 e. The van der Waals surface area contributed by atoms with E-state index in [2.05, 4.69) is 4.74 Å². The van der Waals surface area contributed by atoms with Gasteiger partial charge in [0.25, 0.3) is 10.0 Å². The Morgan fingerprint density at radius 1 is 1.14 bits per heavy atom. The summed E-state index contributed by atoms with van der Waals surface area (Å²) in [4.78, 5) is 27.0. The fourth-order valence-electron chi connectivity index (χ4n) is 4.45. The van der Waals surface area contributed by atoms with Crippen LogP contribution >= 0.6 is 11.3 Å². The van der Waals surface area contributed by atoms with Gasteiger partial charge in [-0.15, -0.1) is 11.3 Å². The number of halogens is 3. The molecule has 2 aromatic rings. The molecule has 1 amide bonds. The van der Waals surface area contributed by atoms with E-state index in [0.29, 0.717) is 36.7 Å². The van der Waals surface area contributed by atoms with Gasteiger partial charge in [-0.1, -0.05) is 12.1 Å². The number of nitrogens with zero attached hydrogens (tertiary/aromatic N) is 2. The second-order valence-electron chi connectivity index (χ2n) is 8.77. The molecule has 0 unspecified atom stereocenters. The number of carbonyl (C=O) groups is 2. The van der Waals surface area contributed by atoms with E-state index < -0.39 is 34.0 Å². The third kappa shape index (κ3) is 6.32. The summed E-state index contributed by atoms with van der Waals surface area (Å²) in [5.74, 6) is -4.09. The predicted molar refractivity (Wildman–Crippen MR) is 127 cm³/mol. The van der Waals surface area contributed by atoms with E-state index in [4.69, 9.17) is 10.5 Å². The molecule has 0 aliphatic carbocycles. The lowest BCUT2D eigenvalue weighted by Crippen LogP contribution is -2.51. The number of morpholine rings is 1. The number of piperidine rings is 1. The minimum atomic E-state index is -5.16. The lowest BCUT2D eigenvalue weighted by molar-refractivity contribution is -0.189. The number of rotatable bonds is 6. The first-order chi connectivity index (χ1) is 17.5. The number of benzene rings is 1. The van der Waals surface area contributed by atoms with Crippen molar-refractivity contribution in [3.8, 4) is 5.75 Å². The second kappa shape index (κ2) is 11.1. The predicted octanol–water partition coefficient (Wildman–Crippen LogP) is 2.33. The SMILES string of the molecule is NCc1ccc(S(=O)(=O)N2C[C@@H](C(=O)N3CCOCC3)C[C@@H](c3cccc(OC(=O)C(F)(F)F)c3)C2)s1. The molecule has 0 radical (unpaired) electrons.